The minimum absolute atomic E-state index is 0.170. The highest BCUT2D eigenvalue weighted by Gasteiger charge is 2.11. The summed E-state index contributed by atoms with van der Waals surface area (Å²) in [5, 5.41) is 7.98. The highest BCUT2D eigenvalue weighted by molar-refractivity contribution is 9.10. The molecule has 18 heavy (non-hydrogen) atoms. The van der Waals surface area contributed by atoms with Gasteiger partial charge in [0.25, 0.3) is 5.95 Å². The Morgan fingerprint density at radius 2 is 2.11 bits per heavy atom. The van der Waals surface area contributed by atoms with E-state index in [0.717, 1.165) is 10.0 Å². The fourth-order valence-corrected chi connectivity index (χ4v) is 2.88. The lowest BCUT2D eigenvalue weighted by atomic mass is 10.3. The van der Waals surface area contributed by atoms with Gasteiger partial charge in [-0.05, 0) is 22.0 Å². The minimum Gasteiger partial charge on any atom is -0.368 e. The van der Waals surface area contributed by atoms with Crippen LogP contribution in [0.4, 0.5) is 5.95 Å². The first-order valence-corrected chi connectivity index (χ1v) is 6.71. The molecule has 8 heteroatoms. The largest absolute Gasteiger partial charge is 0.368 e. The Morgan fingerprint density at radius 1 is 1.22 bits per heavy atom. The molecule has 3 aromatic rings. The van der Waals surface area contributed by atoms with Gasteiger partial charge in [0.1, 0.15) is 0 Å². The molecule has 0 aromatic carbocycles. The molecule has 3 heterocycles. The second kappa shape index (κ2) is 4.46. The monoisotopic (exact) mass is 322 g/mol. The Morgan fingerprint density at radius 3 is 2.78 bits per heavy atom. The van der Waals surface area contributed by atoms with Gasteiger partial charge in [0, 0.05) is 33.2 Å². The molecule has 0 bridgehead atoms. The summed E-state index contributed by atoms with van der Waals surface area (Å²) in [6, 6.07) is 1.79. The summed E-state index contributed by atoms with van der Waals surface area (Å²) in [6.45, 7) is 0. The van der Waals surface area contributed by atoms with E-state index in [9.17, 15) is 0 Å². The molecule has 0 atom stereocenters. The number of hydrogen-bond donors (Lipinski definition) is 1. The Balaban J connectivity index is 2.15. The minimum atomic E-state index is 0.170. The van der Waals surface area contributed by atoms with Crippen LogP contribution in [0.2, 0.25) is 0 Å². The molecule has 6 nitrogen and oxygen atoms in total. The molecular formula is C10H7BrN6S. The zero-order valence-corrected chi connectivity index (χ0v) is 11.4. The normalized spacial score (nSPS) is 10.7. The maximum absolute atomic E-state index is 5.71. The van der Waals surface area contributed by atoms with Gasteiger partial charge in [-0.2, -0.15) is 31.4 Å². The van der Waals surface area contributed by atoms with Gasteiger partial charge in [0.2, 0.25) is 5.95 Å². The van der Waals surface area contributed by atoms with E-state index in [0.29, 0.717) is 11.8 Å². The molecule has 0 aliphatic rings. The Bertz CT molecular complexity index is 678. The number of nitrogens with two attached hydrogens (primary N) is 1. The predicted molar refractivity (Wildman–Crippen MR) is 72.4 cm³/mol. The molecule has 0 aliphatic carbocycles. The number of rotatable bonds is 2. The fraction of sp³-hybridized carbons (Fsp3) is 0. The van der Waals surface area contributed by atoms with E-state index >= 15 is 0 Å². The number of hydrogen-bond acceptors (Lipinski definition) is 6. The van der Waals surface area contributed by atoms with Crippen molar-refractivity contribution in [2.75, 3.05) is 5.73 Å². The summed E-state index contributed by atoms with van der Waals surface area (Å²) in [5.41, 5.74) is 6.60. The first kappa shape index (κ1) is 11.3. The van der Waals surface area contributed by atoms with Crippen LogP contribution in [-0.2, 0) is 0 Å². The van der Waals surface area contributed by atoms with Crippen molar-refractivity contribution in [2.24, 2.45) is 0 Å². The SMILES string of the molecule is Nc1nc(-c2cscc2Br)nc(-n2cccn2)n1. The van der Waals surface area contributed by atoms with Crippen LogP contribution < -0.4 is 5.73 Å². The van der Waals surface area contributed by atoms with E-state index in [2.05, 4.69) is 36.0 Å². The molecule has 0 aliphatic heterocycles. The lowest BCUT2D eigenvalue weighted by Gasteiger charge is -2.03. The maximum Gasteiger partial charge on any atom is 0.255 e. The van der Waals surface area contributed by atoms with Crippen molar-refractivity contribution < 1.29 is 0 Å². The average Bonchev–Trinajstić information content (AvgIpc) is 2.98. The number of nitrogen functional groups attached to an aromatic ring is 1. The number of nitrogens with zero attached hydrogens (tertiary/aromatic N) is 5. The number of halogens is 1. The summed E-state index contributed by atoms with van der Waals surface area (Å²) in [7, 11) is 0. The highest BCUT2D eigenvalue weighted by Crippen LogP contribution is 2.29. The highest BCUT2D eigenvalue weighted by atomic mass is 79.9. The molecule has 0 fully saturated rings. The summed E-state index contributed by atoms with van der Waals surface area (Å²) < 4.78 is 2.48. The molecule has 3 aromatic heterocycles. The van der Waals surface area contributed by atoms with Gasteiger partial charge in [-0.25, -0.2) is 4.68 Å². The standard InChI is InChI=1S/C10H7BrN6S/c11-7-5-18-4-6(7)8-14-9(12)16-10(15-8)17-3-1-2-13-17/h1-5H,(H2,12,14,15,16). The lowest BCUT2D eigenvalue weighted by Crippen LogP contribution is -2.07. The van der Waals surface area contributed by atoms with E-state index in [1.54, 1.807) is 34.5 Å². The molecule has 90 valence electrons. The van der Waals surface area contributed by atoms with Gasteiger partial charge in [-0.1, -0.05) is 0 Å². The lowest BCUT2D eigenvalue weighted by molar-refractivity contribution is 0.801. The third-order valence-electron chi connectivity index (χ3n) is 2.21. The van der Waals surface area contributed by atoms with Crippen molar-refractivity contribution in [3.05, 3.63) is 33.7 Å². The summed E-state index contributed by atoms with van der Waals surface area (Å²) >= 11 is 5.01. The van der Waals surface area contributed by atoms with Crippen molar-refractivity contribution in [1.82, 2.24) is 24.7 Å². The van der Waals surface area contributed by atoms with Crippen LogP contribution >= 0.6 is 27.3 Å². The van der Waals surface area contributed by atoms with Gasteiger partial charge >= 0.3 is 0 Å². The van der Waals surface area contributed by atoms with Crippen molar-refractivity contribution in [2.45, 2.75) is 0 Å². The Labute approximate surface area is 115 Å². The van der Waals surface area contributed by atoms with Crippen LogP contribution in [0.25, 0.3) is 17.3 Å². The van der Waals surface area contributed by atoms with Crippen molar-refractivity contribution in [3.63, 3.8) is 0 Å². The average molecular weight is 323 g/mol. The summed E-state index contributed by atoms with van der Waals surface area (Å²) in [5.74, 6) is 1.10. The molecule has 2 N–H and O–H groups in total. The van der Waals surface area contributed by atoms with Gasteiger partial charge in [-0.15, -0.1) is 0 Å². The van der Waals surface area contributed by atoms with Gasteiger partial charge < -0.3 is 5.73 Å². The van der Waals surface area contributed by atoms with Crippen LogP contribution in [0.3, 0.4) is 0 Å². The van der Waals surface area contributed by atoms with E-state index in [1.165, 1.54) is 0 Å². The first-order valence-electron chi connectivity index (χ1n) is 4.97. The molecule has 0 saturated carbocycles. The second-order valence-corrected chi connectivity index (χ2v) is 5.00. The van der Waals surface area contributed by atoms with Crippen molar-refractivity contribution >= 4 is 33.2 Å². The maximum atomic E-state index is 5.71. The molecule has 0 amide bonds. The van der Waals surface area contributed by atoms with Crippen LogP contribution in [-0.4, -0.2) is 24.7 Å². The molecule has 0 saturated heterocycles. The zero-order valence-electron chi connectivity index (χ0n) is 8.99. The first-order chi connectivity index (χ1) is 8.74. The number of aromatic nitrogens is 5. The number of anilines is 1. The van der Waals surface area contributed by atoms with E-state index in [-0.39, 0.29) is 5.95 Å². The predicted octanol–water partition coefficient (Wildman–Crippen LogP) is 2.13. The second-order valence-electron chi connectivity index (χ2n) is 3.40. The Kier molecular flexibility index (Phi) is 2.80. The van der Waals surface area contributed by atoms with E-state index in [1.807, 2.05) is 10.8 Å². The summed E-state index contributed by atoms with van der Waals surface area (Å²) in [4.78, 5) is 12.6. The quantitative estimate of drug-likeness (QED) is 0.781. The Hall–Kier alpha value is -1.80. The summed E-state index contributed by atoms with van der Waals surface area (Å²) in [6.07, 6.45) is 3.40. The topological polar surface area (TPSA) is 82.5 Å². The fourth-order valence-electron chi connectivity index (χ4n) is 1.43. The van der Waals surface area contributed by atoms with Crippen LogP contribution in [0.5, 0.6) is 0 Å². The van der Waals surface area contributed by atoms with E-state index in [4.69, 9.17) is 5.73 Å². The third-order valence-corrected chi connectivity index (χ3v) is 3.91. The van der Waals surface area contributed by atoms with Crippen LogP contribution in [0.15, 0.2) is 33.7 Å². The molecule has 3 rings (SSSR count). The van der Waals surface area contributed by atoms with Gasteiger partial charge in [0.05, 0.1) is 0 Å². The van der Waals surface area contributed by atoms with E-state index < -0.39 is 0 Å². The van der Waals surface area contributed by atoms with Crippen molar-refractivity contribution in [1.29, 1.82) is 0 Å². The number of thiophene rings is 1. The molecule has 0 unspecified atom stereocenters. The van der Waals surface area contributed by atoms with Gasteiger partial charge in [-0.3, -0.25) is 0 Å². The smallest absolute Gasteiger partial charge is 0.255 e. The molecule has 0 spiro atoms. The molecular weight excluding hydrogens is 316 g/mol. The van der Waals surface area contributed by atoms with Crippen LogP contribution in [0.1, 0.15) is 0 Å². The third kappa shape index (κ3) is 2.00. The van der Waals surface area contributed by atoms with Crippen molar-refractivity contribution in [3.8, 4) is 17.3 Å². The molecule has 0 radical (unpaired) electrons. The zero-order chi connectivity index (χ0) is 12.5. The van der Waals surface area contributed by atoms with Gasteiger partial charge in [0.15, 0.2) is 5.82 Å². The van der Waals surface area contributed by atoms with Crippen LogP contribution in [0, 0.1) is 0 Å².